The number of hydrogen-bond donors (Lipinski definition) is 1. The lowest BCUT2D eigenvalue weighted by Gasteiger charge is -2.35. The zero-order chi connectivity index (χ0) is 16.7. The molecule has 3 unspecified atom stereocenters. The van der Waals surface area contributed by atoms with Crippen LogP contribution in [0.5, 0.6) is 5.75 Å². The molecule has 0 aliphatic carbocycles. The lowest BCUT2D eigenvalue weighted by molar-refractivity contribution is -0.00215. The van der Waals surface area contributed by atoms with Crippen molar-refractivity contribution >= 4 is 28.3 Å². The molecule has 138 valence electrons. The molecule has 1 N–H and O–H groups in total. The number of halogens is 2. The highest BCUT2D eigenvalue weighted by Crippen LogP contribution is 2.23. The van der Waals surface area contributed by atoms with Gasteiger partial charge in [-0.2, -0.15) is 0 Å². The fraction of sp³-hybridized carbons (Fsp3) is 0.667. The van der Waals surface area contributed by atoms with Crippen LogP contribution in [0.1, 0.15) is 20.3 Å². The SMILES string of the molecule is CC1CC(C)CN(CC(O)COCCOc2ccccc2Br)C1.Cl. The molecule has 1 aliphatic heterocycles. The number of likely N-dealkylation sites (tertiary alicyclic amines) is 1. The summed E-state index contributed by atoms with van der Waals surface area (Å²) in [4.78, 5) is 2.35. The van der Waals surface area contributed by atoms with Gasteiger partial charge in [0.25, 0.3) is 0 Å². The fourth-order valence-corrected chi connectivity index (χ4v) is 3.68. The largest absolute Gasteiger partial charge is 0.490 e. The summed E-state index contributed by atoms with van der Waals surface area (Å²) in [5.74, 6) is 2.24. The van der Waals surface area contributed by atoms with Gasteiger partial charge in [-0.15, -0.1) is 12.4 Å². The average molecular weight is 423 g/mol. The fourth-order valence-electron chi connectivity index (χ4n) is 3.28. The maximum atomic E-state index is 10.1. The van der Waals surface area contributed by atoms with E-state index in [4.69, 9.17) is 9.47 Å². The van der Waals surface area contributed by atoms with Crippen molar-refractivity contribution in [3.63, 3.8) is 0 Å². The Labute approximate surface area is 160 Å². The molecule has 24 heavy (non-hydrogen) atoms. The zero-order valence-electron chi connectivity index (χ0n) is 14.5. The summed E-state index contributed by atoms with van der Waals surface area (Å²) in [5.41, 5.74) is 0. The summed E-state index contributed by atoms with van der Waals surface area (Å²) in [6, 6.07) is 7.75. The van der Waals surface area contributed by atoms with Crippen LogP contribution in [0.25, 0.3) is 0 Å². The zero-order valence-corrected chi connectivity index (χ0v) is 16.9. The Morgan fingerprint density at radius 2 is 1.88 bits per heavy atom. The van der Waals surface area contributed by atoms with Gasteiger partial charge in [0.2, 0.25) is 0 Å². The van der Waals surface area contributed by atoms with Crippen LogP contribution < -0.4 is 4.74 Å². The minimum Gasteiger partial charge on any atom is -0.490 e. The summed E-state index contributed by atoms with van der Waals surface area (Å²) in [6.07, 6.45) is 0.853. The molecule has 0 bridgehead atoms. The number of benzene rings is 1. The maximum absolute atomic E-state index is 10.1. The second kappa shape index (κ2) is 11.3. The predicted octanol–water partition coefficient (Wildman–Crippen LogP) is 3.61. The summed E-state index contributed by atoms with van der Waals surface area (Å²) >= 11 is 3.44. The van der Waals surface area contributed by atoms with Crippen molar-refractivity contribution in [2.45, 2.75) is 26.4 Å². The second-order valence-corrected chi connectivity index (χ2v) is 7.53. The monoisotopic (exact) mass is 421 g/mol. The van der Waals surface area contributed by atoms with E-state index in [1.165, 1.54) is 6.42 Å². The predicted molar refractivity (Wildman–Crippen MR) is 103 cm³/mol. The van der Waals surface area contributed by atoms with Crippen LogP contribution in [-0.2, 0) is 4.74 Å². The number of rotatable bonds is 8. The van der Waals surface area contributed by atoms with E-state index in [0.717, 1.165) is 23.3 Å². The van der Waals surface area contributed by atoms with Crippen LogP contribution in [0.15, 0.2) is 28.7 Å². The molecular formula is C18H29BrClNO3. The van der Waals surface area contributed by atoms with Gasteiger partial charge in [-0.05, 0) is 46.3 Å². The maximum Gasteiger partial charge on any atom is 0.133 e. The van der Waals surface area contributed by atoms with Crippen molar-refractivity contribution in [3.05, 3.63) is 28.7 Å². The van der Waals surface area contributed by atoms with Crippen molar-refractivity contribution in [3.8, 4) is 5.75 Å². The normalized spacial score (nSPS) is 22.7. The molecule has 3 atom stereocenters. The molecule has 1 aromatic rings. The summed E-state index contributed by atoms with van der Waals surface area (Å²) < 4.78 is 12.1. The third kappa shape index (κ3) is 7.70. The van der Waals surface area contributed by atoms with E-state index in [-0.39, 0.29) is 12.4 Å². The Hall–Kier alpha value is -0.330. The van der Waals surface area contributed by atoms with Crippen molar-refractivity contribution in [1.82, 2.24) is 4.90 Å². The molecule has 0 radical (unpaired) electrons. The van der Waals surface area contributed by atoms with E-state index >= 15 is 0 Å². The topological polar surface area (TPSA) is 41.9 Å². The number of para-hydroxylation sites is 1. The van der Waals surface area contributed by atoms with E-state index in [1.54, 1.807) is 0 Å². The van der Waals surface area contributed by atoms with Crippen molar-refractivity contribution < 1.29 is 14.6 Å². The minimum absolute atomic E-state index is 0. The van der Waals surface area contributed by atoms with E-state index in [2.05, 4.69) is 34.7 Å². The molecular weight excluding hydrogens is 394 g/mol. The quantitative estimate of drug-likeness (QED) is 0.650. The first kappa shape index (κ1) is 21.7. The number of hydrogen-bond acceptors (Lipinski definition) is 4. The lowest BCUT2D eigenvalue weighted by Crippen LogP contribution is -2.43. The first-order valence-corrected chi connectivity index (χ1v) is 9.19. The first-order valence-electron chi connectivity index (χ1n) is 8.40. The number of aliphatic hydroxyl groups is 1. The highest BCUT2D eigenvalue weighted by Gasteiger charge is 2.23. The third-order valence-corrected chi connectivity index (χ3v) is 4.70. The Morgan fingerprint density at radius 1 is 1.21 bits per heavy atom. The van der Waals surface area contributed by atoms with E-state index < -0.39 is 6.10 Å². The van der Waals surface area contributed by atoms with Gasteiger partial charge in [0.05, 0.1) is 23.8 Å². The summed E-state index contributed by atoms with van der Waals surface area (Å²) in [6.45, 7) is 8.73. The highest BCUT2D eigenvalue weighted by atomic mass is 79.9. The van der Waals surface area contributed by atoms with Crippen LogP contribution in [0.4, 0.5) is 0 Å². The van der Waals surface area contributed by atoms with Crippen molar-refractivity contribution in [2.75, 3.05) is 39.5 Å². The number of aliphatic hydroxyl groups excluding tert-OH is 1. The average Bonchev–Trinajstić information content (AvgIpc) is 2.47. The van der Waals surface area contributed by atoms with Crippen molar-refractivity contribution in [2.24, 2.45) is 11.8 Å². The summed E-state index contributed by atoms with van der Waals surface area (Å²) in [5, 5.41) is 10.1. The standard InChI is InChI=1S/C18H28BrNO3.ClH/c1-14-9-15(2)11-20(10-14)12-16(21)13-22-7-8-23-18-6-4-3-5-17(18)19;/h3-6,14-16,21H,7-13H2,1-2H3;1H. The van der Waals surface area contributed by atoms with Gasteiger partial charge in [0.1, 0.15) is 12.4 Å². The molecule has 1 fully saturated rings. The van der Waals surface area contributed by atoms with Crippen LogP contribution in [0.3, 0.4) is 0 Å². The van der Waals surface area contributed by atoms with Crippen molar-refractivity contribution in [1.29, 1.82) is 0 Å². The van der Waals surface area contributed by atoms with Crippen LogP contribution in [-0.4, -0.2) is 55.6 Å². The van der Waals surface area contributed by atoms with E-state index in [1.807, 2.05) is 24.3 Å². The van der Waals surface area contributed by atoms with Crippen LogP contribution in [0.2, 0.25) is 0 Å². The van der Waals surface area contributed by atoms with Gasteiger partial charge >= 0.3 is 0 Å². The Balaban J connectivity index is 0.00000288. The smallest absolute Gasteiger partial charge is 0.133 e. The first-order chi connectivity index (χ1) is 11.0. The van der Waals surface area contributed by atoms with Crippen LogP contribution in [0, 0.1) is 11.8 Å². The molecule has 0 aromatic heterocycles. The van der Waals surface area contributed by atoms with Crippen LogP contribution >= 0.6 is 28.3 Å². The lowest BCUT2D eigenvalue weighted by atomic mass is 9.92. The Bertz CT molecular complexity index is 467. The summed E-state index contributed by atoms with van der Waals surface area (Å²) in [7, 11) is 0. The molecule has 0 spiro atoms. The molecule has 0 amide bonds. The van der Waals surface area contributed by atoms with E-state index in [0.29, 0.717) is 38.2 Å². The highest BCUT2D eigenvalue weighted by molar-refractivity contribution is 9.10. The van der Waals surface area contributed by atoms with Gasteiger partial charge in [0.15, 0.2) is 0 Å². The molecule has 1 saturated heterocycles. The molecule has 2 rings (SSSR count). The molecule has 1 aliphatic rings. The van der Waals surface area contributed by atoms with Gasteiger partial charge < -0.3 is 19.5 Å². The number of ether oxygens (including phenoxy) is 2. The molecule has 4 nitrogen and oxygen atoms in total. The second-order valence-electron chi connectivity index (χ2n) is 6.67. The van der Waals surface area contributed by atoms with Gasteiger partial charge in [0, 0.05) is 19.6 Å². The molecule has 0 saturated carbocycles. The van der Waals surface area contributed by atoms with Gasteiger partial charge in [-0.3, -0.25) is 0 Å². The third-order valence-electron chi connectivity index (χ3n) is 4.05. The minimum atomic E-state index is -0.434. The van der Waals surface area contributed by atoms with Gasteiger partial charge in [-0.25, -0.2) is 0 Å². The Kier molecular flexibility index (Phi) is 10.2. The number of β-amino-alcohol motifs (C(OH)–C–C–N with tert-alkyl or cyclic N) is 1. The molecule has 6 heteroatoms. The van der Waals surface area contributed by atoms with E-state index in [9.17, 15) is 5.11 Å². The molecule has 1 aromatic carbocycles. The Morgan fingerprint density at radius 3 is 2.54 bits per heavy atom. The number of piperidine rings is 1. The van der Waals surface area contributed by atoms with Gasteiger partial charge in [-0.1, -0.05) is 26.0 Å². The molecule has 1 heterocycles. The number of nitrogens with zero attached hydrogens (tertiary/aromatic N) is 1.